The van der Waals surface area contributed by atoms with Gasteiger partial charge in [-0.1, -0.05) is 12.1 Å². The molecule has 3 aromatic rings. The number of carbonyl (C=O) groups excluding carboxylic acids is 1. The van der Waals surface area contributed by atoms with Gasteiger partial charge < -0.3 is 9.73 Å². The number of carbonyl (C=O) groups is 1. The van der Waals surface area contributed by atoms with Gasteiger partial charge in [-0.3, -0.25) is 9.89 Å². The molecule has 25 heavy (non-hydrogen) atoms. The topological polar surface area (TPSA) is 83.8 Å². The van der Waals surface area contributed by atoms with Gasteiger partial charge >= 0.3 is 0 Å². The van der Waals surface area contributed by atoms with E-state index >= 15 is 0 Å². The zero-order valence-electron chi connectivity index (χ0n) is 14.2. The minimum Gasteiger partial charge on any atom is -0.441 e. The number of hydrogen-bond acceptors (Lipinski definition) is 4. The highest BCUT2D eigenvalue weighted by Gasteiger charge is 2.17. The molecule has 1 aliphatic carbocycles. The van der Waals surface area contributed by atoms with Gasteiger partial charge in [-0.15, -0.1) is 0 Å². The predicted octanol–water partition coefficient (Wildman–Crippen LogP) is 2.72. The second-order valence-electron chi connectivity index (χ2n) is 6.51. The Bertz CT molecular complexity index is 848. The molecule has 0 radical (unpaired) electrons. The van der Waals surface area contributed by atoms with Crippen LogP contribution in [0.2, 0.25) is 0 Å². The zero-order chi connectivity index (χ0) is 17.1. The second-order valence-corrected chi connectivity index (χ2v) is 6.51. The van der Waals surface area contributed by atoms with E-state index in [0.717, 1.165) is 29.6 Å². The number of aromatic amines is 1. The van der Waals surface area contributed by atoms with Gasteiger partial charge in [0.25, 0.3) is 0 Å². The number of aryl methyl sites for hydroxylation is 2. The summed E-state index contributed by atoms with van der Waals surface area (Å²) >= 11 is 0. The number of benzene rings is 1. The molecule has 1 aliphatic rings. The maximum Gasteiger partial charge on any atom is 0.220 e. The Morgan fingerprint density at radius 3 is 3.00 bits per heavy atom. The summed E-state index contributed by atoms with van der Waals surface area (Å²) in [6.07, 6.45) is 6.37. The molecule has 0 saturated heterocycles. The van der Waals surface area contributed by atoms with Crippen LogP contribution in [0.1, 0.15) is 42.1 Å². The molecule has 0 fully saturated rings. The molecule has 0 atom stereocenters. The molecule has 0 spiro atoms. The number of rotatable bonds is 6. The Morgan fingerprint density at radius 2 is 2.08 bits per heavy atom. The Balaban J connectivity index is 1.24. The van der Waals surface area contributed by atoms with Gasteiger partial charge in [-0.05, 0) is 43.4 Å². The van der Waals surface area contributed by atoms with E-state index in [9.17, 15) is 4.79 Å². The molecular weight excluding hydrogens is 316 g/mol. The van der Waals surface area contributed by atoms with Gasteiger partial charge in [0.15, 0.2) is 11.5 Å². The number of nitrogens with one attached hydrogen (secondary N) is 2. The molecule has 1 aromatic carbocycles. The van der Waals surface area contributed by atoms with E-state index in [0.29, 0.717) is 31.7 Å². The monoisotopic (exact) mass is 338 g/mol. The normalized spacial score (nSPS) is 13.8. The van der Waals surface area contributed by atoms with Crippen molar-refractivity contribution in [2.45, 2.75) is 44.9 Å². The molecule has 0 aliphatic heterocycles. The van der Waals surface area contributed by atoms with E-state index in [1.165, 1.54) is 24.1 Å². The van der Waals surface area contributed by atoms with Crippen molar-refractivity contribution in [1.29, 1.82) is 0 Å². The summed E-state index contributed by atoms with van der Waals surface area (Å²) in [7, 11) is 0. The van der Waals surface area contributed by atoms with Crippen molar-refractivity contribution >= 4 is 17.0 Å². The van der Waals surface area contributed by atoms with Gasteiger partial charge in [0.1, 0.15) is 5.52 Å². The quantitative estimate of drug-likeness (QED) is 0.724. The predicted molar refractivity (Wildman–Crippen MR) is 94.3 cm³/mol. The van der Waals surface area contributed by atoms with Gasteiger partial charge in [0.2, 0.25) is 5.91 Å². The number of amides is 1. The van der Waals surface area contributed by atoms with E-state index in [1.807, 2.05) is 24.3 Å². The maximum atomic E-state index is 12.1. The van der Waals surface area contributed by atoms with E-state index in [-0.39, 0.29) is 5.91 Å². The summed E-state index contributed by atoms with van der Waals surface area (Å²) in [5.41, 5.74) is 5.30. The second kappa shape index (κ2) is 7.09. The first-order valence-electron chi connectivity index (χ1n) is 8.96. The molecule has 4 rings (SSSR count). The minimum absolute atomic E-state index is 0.0451. The standard InChI is InChI=1S/C19H22N4O2/c24-18(10-9-15-13-5-1-2-6-14(13)22-23-15)20-12-11-19-21-16-7-3-4-8-17(16)25-19/h3-4,7-8H,1-2,5-6,9-12H2,(H,20,24)(H,22,23). The van der Waals surface area contributed by atoms with Crippen molar-refractivity contribution in [3.63, 3.8) is 0 Å². The fourth-order valence-corrected chi connectivity index (χ4v) is 3.41. The van der Waals surface area contributed by atoms with Crippen molar-refractivity contribution in [3.05, 3.63) is 47.1 Å². The molecule has 2 N–H and O–H groups in total. The fourth-order valence-electron chi connectivity index (χ4n) is 3.41. The van der Waals surface area contributed by atoms with Crippen LogP contribution >= 0.6 is 0 Å². The van der Waals surface area contributed by atoms with Crippen molar-refractivity contribution in [2.75, 3.05) is 6.54 Å². The molecule has 130 valence electrons. The highest BCUT2D eigenvalue weighted by Crippen LogP contribution is 2.22. The number of nitrogens with zero attached hydrogens (tertiary/aromatic N) is 2. The SMILES string of the molecule is O=C(CCc1n[nH]c2c1CCCC2)NCCc1nc2ccccc2o1. The lowest BCUT2D eigenvalue weighted by atomic mass is 9.95. The van der Waals surface area contributed by atoms with Crippen molar-refractivity contribution < 1.29 is 9.21 Å². The first kappa shape index (κ1) is 15.9. The van der Waals surface area contributed by atoms with Gasteiger partial charge in [-0.2, -0.15) is 5.10 Å². The Kier molecular flexibility index (Phi) is 4.50. The number of hydrogen-bond donors (Lipinski definition) is 2. The van der Waals surface area contributed by atoms with Crippen molar-refractivity contribution in [3.8, 4) is 0 Å². The van der Waals surface area contributed by atoms with Gasteiger partial charge in [-0.25, -0.2) is 4.98 Å². The number of oxazole rings is 1. The molecule has 6 nitrogen and oxygen atoms in total. The van der Waals surface area contributed by atoms with Crippen LogP contribution in [0.4, 0.5) is 0 Å². The highest BCUT2D eigenvalue weighted by atomic mass is 16.3. The summed E-state index contributed by atoms with van der Waals surface area (Å²) < 4.78 is 5.65. The lowest BCUT2D eigenvalue weighted by Crippen LogP contribution is -2.26. The first-order chi connectivity index (χ1) is 12.3. The number of H-pyrrole nitrogens is 1. The third-order valence-electron chi connectivity index (χ3n) is 4.73. The van der Waals surface area contributed by atoms with E-state index < -0.39 is 0 Å². The molecular formula is C19H22N4O2. The molecule has 0 unspecified atom stereocenters. The lowest BCUT2D eigenvalue weighted by Gasteiger charge is -2.11. The zero-order valence-corrected chi connectivity index (χ0v) is 14.2. The number of aromatic nitrogens is 3. The first-order valence-corrected chi connectivity index (χ1v) is 8.96. The van der Waals surface area contributed by atoms with E-state index in [4.69, 9.17) is 4.42 Å². The van der Waals surface area contributed by atoms with E-state index in [1.54, 1.807) is 0 Å². The third kappa shape index (κ3) is 3.57. The van der Waals surface area contributed by atoms with Gasteiger partial charge in [0, 0.05) is 31.5 Å². The number of fused-ring (bicyclic) bond motifs is 2. The Morgan fingerprint density at radius 1 is 1.20 bits per heavy atom. The summed E-state index contributed by atoms with van der Waals surface area (Å²) in [5.74, 6) is 0.701. The Labute approximate surface area is 146 Å². The molecule has 0 bridgehead atoms. The molecule has 2 heterocycles. The van der Waals surface area contributed by atoms with Crippen LogP contribution in [0.5, 0.6) is 0 Å². The van der Waals surface area contributed by atoms with Crippen LogP contribution in [0.3, 0.4) is 0 Å². The smallest absolute Gasteiger partial charge is 0.220 e. The van der Waals surface area contributed by atoms with Gasteiger partial charge in [0.05, 0.1) is 5.69 Å². The minimum atomic E-state index is 0.0451. The molecule has 6 heteroatoms. The number of para-hydroxylation sites is 2. The molecule has 2 aromatic heterocycles. The average Bonchev–Trinajstić information content (AvgIpc) is 3.23. The fraction of sp³-hybridized carbons (Fsp3) is 0.421. The summed E-state index contributed by atoms with van der Waals surface area (Å²) in [6, 6.07) is 7.68. The molecule has 0 saturated carbocycles. The van der Waals surface area contributed by atoms with Crippen LogP contribution in [0.25, 0.3) is 11.1 Å². The molecule has 1 amide bonds. The van der Waals surface area contributed by atoms with Crippen LogP contribution in [-0.2, 0) is 30.5 Å². The Hall–Kier alpha value is -2.63. The lowest BCUT2D eigenvalue weighted by molar-refractivity contribution is -0.121. The van der Waals surface area contributed by atoms with Crippen molar-refractivity contribution in [2.24, 2.45) is 0 Å². The summed E-state index contributed by atoms with van der Waals surface area (Å²) in [4.78, 5) is 16.5. The van der Waals surface area contributed by atoms with Crippen LogP contribution < -0.4 is 5.32 Å². The van der Waals surface area contributed by atoms with Crippen molar-refractivity contribution in [1.82, 2.24) is 20.5 Å². The summed E-state index contributed by atoms with van der Waals surface area (Å²) in [5, 5.41) is 10.5. The van der Waals surface area contributed by atoms with Crippen LogP contribution in [0.15, 0.2) is 28.7 Å². The van der Waals surface area contributed by atoms with Crippen LogP contribution in [0, 0.1) is 0 Å². The third-order valence-corrected chi connectivity index (χ3v) is 4.73. The van der Waals surface area contributed by atoms with E-state index in [2.05, 4.69) is 20.5 Å². The summed E-state index contributed by atoms with van der Waals surface area (Å²) in [6.45, 7) is 0.532. The maximum absolute atomic E-state index is 12.1. The van der Waals surface area contributed by atoms with Crippen LogP contribution in [-0.4, -0.2) is 27.6 Å². The highest BCUT2D eigenvalue weighted by molar-refractivity contribution is 5.76. The largest absolute Gasteiger partial charge is 0.441 e. The average molecular weight is 338 g/mol.